The van der Waals surface area contributed by atoms with Gasteiger partial charge in [0.05, 0.1) is 25.5 Å². The van der Waals surface area contributed by atoms with Gasteiger partial charge in [-0.2, -0.15) is 0 Å². The Morgan fingerprint density at radius 2 is 1.66 bits per heavy atom. The van der Waals surface area contributed by atoms with E-state index in [0.717, 1.165) is 50.6 Å². The van der Waals surface area contributed by atoms with Crippen LogP contribution in [-0.4, -0.2) is 50.1 Å². The molecular weight excluding hydrogens is 360 g/mol. The second-order valence-electron chi connectivity index (χ2n) is 9.52. The molecule has 0 amide bonds. The SMILES string of the molecule is C(#CCN1CCOCC1)CO/N=C(/c1ccccc1)C12CC3CC(CC(C3)C1)C2. The van der Waals surface area contributed by atoms with Crippen LogP contribution in [0, 0.1) is 35.0 Å². The van der Waals surface area contributed by atoms with Gasteiger partial charge in [0.2, 0.25) is 0 Å². The van der Waals surface area contributed by atoms with Gasteiger partial charge in [0, 0.05) is 18.5 Å². The maximum atomic E-state index is 5.80. The van der Waals surface area contributed by atoms with Gasteiger partial charge >= 0.3 is 0 Å². The van der Waals surface area contributed by atoms with E-state index in [9.17, 15) is 0 Å². The summed E-state index contributed by atoms with van der Waals surface area (Å²) in [5.41, 5.74) is 2.64. The molecule has 0 N–H and O–H groups in total. The molecule has 4 bridgehead atoms. The van der Waals surface area contributed by atoms with E-state index < -0.39 is 0 Å². The Kier molecular flexibility index (Phi) is 5.61. The van der Waals surface area contributed by atoms with E-state index in [2.05, 4.69) is 47.1 Å². The van der Waals surface area contributed by atoms with Gasteiger partial charge in [0.25, 0.3) is 0 Å². The van der Waals surface area contributed by atoms with Crippen LogP contribution in [0.2, 0.25) is 0 Å². The van der Waals surface area contributed by atoms with Crippen LogP contribution in [0.25, 0.3) is 0 Å². The van der Waals surface area contributed by atoms with Crippen LogP contribution in [0.5, 0.6) is 0 Å². The summed E-state index contributed by atoms with van der Waals surface area (Å²) in [6.07, 6.45) is 8.19. The van der Waals surface area contributed by atoms with Crippen molar-refractivity contribution < 1.29 is 9.57 Å². The molecule has 0 aromatic heterocycles. The minimum Gasteiger partial charge on any atom is -0.382 e. The minimum atomic E-state index is 0.220. The Hall–Kier alpha value is -1.83. The predicted octanol–water partition coefficient (Wildman–Crippen LogP) is 3.96. The van der Waals surface area contributed by atoms with Crippen molar-refractivity contribution in [2.45, 2.75) is 38.5 Å². The molecule has 1 aliphatic heterocycles. The van der Waals surface area contributed by atoms with Crippen molar-refractivity contribution in [1.82, 2.24) is 4.90 Å². The smallest absolute Gasteiger partial charge is 0.177 e. The van der Waals surface area contributed by atoms with Gasteiger partial charge in [-0.05, 0) is 61.8 Å². The third-order valence-electron chi connectivity index (χ3n) is 7.41. The van der Waals surface area contributed by atoms with Crippen molar-refractivity contribution in [1.29, 1.82) is 0 Å². The standard InChI is InChI=1S/C25H32N2O2/c1-2-6-23(7-3-1)24(25-17-20-14-21(18-25)16-22(15-20)19-25)26-29-11-5-4-8-27-9-12-28-13-10-27/h1-3,6-7,20-22H,8-19H2/b26-24-. The van der Waals surface area contributed by atoms with E-state index in [1.54, 1.807) is 0 Å². The minimum absolute atomic E-state index is 0.220. The van der Waals surface area contributed by atoms with E-state index in [1.807, 2.05) is 0 Å². The lowest BCUT2D eigenvalue weighted by molar-refractivity contribution is -0.0141. The maximum Gasteiger partial charge on any atom is 0.177 e. The lowest BCUT2D eigenvalue weighted by atomic mass is 9.48. The molecule has 1 aromatic rings. The van der Waals surface area contributed by atoms with Crippen LogP contribution in [0.4, 0.5) is 0 Å². The largest absolute Gasteiger partial charge is 0.382 e. The normalized spacial score (nSPS) is 33.9. The van der Waals surface area contributed by atoms with Gasteiger partial charge in [-0.1, -0.05) is 47.3 Å². The van der Waals surface area contributed by atoms with Crippen molar-refractivity contribution in [3.8, 4) is 11.8 Å². The number of oxime groups is 1. The summed E-state index contributed by atoms with van der Waals surface area (Å²) in [7, 11) is 0. The highest BCUT2D eigenvalue weighted by Gasteiger charge is 2.53. The number of hydrogen-bond acceptors (Lipinski definition) is 4. The molecule has 0 atom stereocenters. The first-order chi connectivity index (χ1) is 14.3. The predicted molar refractivity (Wildman–Crippen MR) is 115 cm³/mol. The summed E-state index contributed by atoms with van der Waals surface area (Å²) < 4.78 is 5.38. The van der Waals surface area contributed by atoms with E-state index in [-0.39, 0.29) is 5.41 Å². The summed E-state index contributed by atoms with van der Waals surface area (Å²) in [6, 6.07) is 10.7. The van der Waals surface area contributed by atoms with Crippen LogP contribution >= 0.6 is 0 Å². The third-order valence-corrected chi connectivity index (χ3v) is 7.41. The summed E-state index contributed by atoms with van der Waals surface area (Å²) >= 11 is 0. The quantitative estimate of drug-likeness (QED) is 0.329. The van der Waals surface area contributed by atoms with Crippen LogP contribution < -0.4 is 0 Å². The van der Waals surface area contributed by atoms with Crippen molar-refractivity contribution in [3.05, 3.63) is 35.9 Å². The number of nitrogens with zero attached hydrogens (tertiary/aromatic N) is 2. The number of ether oxygens (including phenoxy) is 1. The number of hydrogen-bond donors (Lipinski definition) is 0. The summed E-state index contributed by atoms with van der Waals surface area (Å²) in [5, 5.41) is 4.75. The molecule has 4 heteroatoms. The molecule has 1 aromatic carbocycles. The van der Waals surface area contributed by atoms with Gasteiger partial charge in [0.15, 0.2) is 6.61 Å². The summed E-state index contributed by atoms with van der Waals surface area (Å²) in [5.74, 6) is 9.06. The highest BCUT2D eigenvalue weighted by atomic mass is 16.6. The van der Waals surface area contributed by atoms with Crippen LogP contribution in [0.3, 0.4) is 0 Å². The fourth-order valence-corrected chi connectivity index (χ4v) is 6.56. The first-order valence-electron chi connectivity index (χ1n) is 11.3. The number of rotatable bonds is 5. The fraction of sp³-hybridized carbons (Fsp3) is 0.640. The molecular formula is C25H32N2O2. The molecule has 154 valence electrons. The molecule has 1 saturated heterocycles. The van der Waals surface area contributed by atoms with Gasteiger partial charge in [-0.15, -0.1) is 0 Å². The fourth-order valence-electron chi connectivity index (χ4n) is 6.56. The molecule has 1 heterocycles. The second kappa shape index (κ2) is 8.50. The number of morpholine rings is 1. The van der Waals surface area contributed by atoms with E-state index in [0.29, 0.717) is 6.61 Å². The lowest BCUT2D eigenvalue weighted by Gasteiger charge is -2.56. The van der Waals surface area contributed by atoms with Crippen LogP contribution in [-0.2, 0) is 9.57 Å². The monoisotopic (exact) mass is 392 g/mol. The summed E-state index contributed by atoms with van der Waals surface area (Å²) in [4.78, 5) is 8.12. The Labute approximate surface area is 174 Å². The Bertz CT molecular complexity index is 751. The van der Waals surface area contributed by atoms with Gasteiger partial charge in [0.1, 0.15) is 0 Å². The molecule has 0 unspecified atom stereocenters. The molecule has 4 nitrogen and oxygen atoms in total. The van der Waals surface area contributed by atoms with Gasteiger partial charge < -0.3 is 9.57 Å². The van der Waals surface area contributed by atoms with Crippen LogP contribution in [0.1, 0.15) is 44.1 Å². The van der Waals surface area contributed by atoms with E-state index in [4.69, 9.17) is 14.7 Å². The topological polar surface area (TPSA) is 34.1 Å². The Morgan fingerprint density at radius 1 is 1.00 bits per heavy atom. The second-order valence-corrected chi connectivity index (χ2v) is 9.52. The zero-order valence-electron chi connectivity index (χ0n) is 17.3. The van der Waals surface area contributed by atoms with Crippen molar-refractivity contribution in [3.63, 3.8) is 0 Å². The average molecular weight is 393 g/mol. The summed E-state index contributed by atoms with van der Waals surface area (Å²) in [6.45, 7) is 4.72. The van der Waals surface area contributed by atoms with E-state index >= 15 is 0 Å². The Balaban J connectivity index is 1.28. The third kappa shape index (κ3) is 4.22. The average Bonchev–Trinajstić information content (AvgIpc) is 2.73. The maximum absolute atomic E-state index is 5.80. The molecule has 6 rings (SSSR count). The van der Waals surface area contributed by atoms with Gasteiger partial charge in [-0.3, -0.25) is 4.90 Å². The zero-order chi connectivity index (χ0) is 19.5. The van der Waals surface area contributed by atoms with Crippen molar-refractivity contribution >= 4 is 5.71 Å². The first kappa shape index (κ1) is 19.2. The highest BCUT2D eigenvalue weighted by molar-refractivity contribution is 6.04. The molecule has 5 aliphatic rings. The van der Waals surface area contributed by atoms with Crippen LogP contribution in [0.15, 0.2) is 35.5 Å². The number of benzene rings is 1. The Morgan fingerprint density at radius 3 is 2.31 bits per heavy atom. The molecule has 29 heavy (non-hydrogen) atoms. The molecule has 4 aliphatic carbocycles. The van der Waals surface area contributed by atoms with E-state index in [1.165, 1.54) is 49.8 Å². The van der Waals surface area contributed by atoms with Crippen molar-refractivity contribution in [2.24, 2.45) is 28.3 Å². The van der Waals surface area contributed by atoms with Gasteiger partial charge in [-0.25, -0.2) is 0 Å². The molecule has 5 fully saturated rings. The molecule has 0 radical (unpaired) electrons. The lowest BCUT2D eigenvalue weighted by Crippen LogP contribution is -2.50. The van der Waals surface area contributed by atoms with Crippen molar-refractivity contribution in [2.75, 3.05) is 39.5 Å². The molecule has 0 spiro atoms. The highest BCUT2D eigenvalue weighted by Crippen LogP contribution is 2.61. The first-order valence-corrected chi connectivity index (χ1v) is 11.3. The molecule has 4 saturated carbocycles. The zero-order valence-corrected chi connectivity index (χ0v) is 17.3.